The summed E-state index contributed by atoms with van der Waals surface area (Å²) in [4.78, 5) is 25.3. The van der Waals surface area contributed by atoms with Gasteiger partial charge in [0, 0.05) is 23.7 Å². The number of ketones is 1. The molecule has 1 aliphatic rings. The second kappa shape index (κ2) is 7.40. The Morgan fingerprint density at radius 2 is 2.09 bits per heavy atom. The lowest BCUT2D eigenvalue weighted by Gasteiger charge is -2.19. The second-order valence-corrected chi connectivity index (χ2v) is 5.83. The van der Waals surface area contributed by atoms with Crippen LogP contribution in [0.2, 0.25) is 0 Å². The van der Waals surface area contributed by atoms with Crippen molar-refractivity contribution < 1.29 is 14.3 Å². The number of nitrogens with one attached hydrogen (secondary N) is 1. The monoisotopic (exact) mass is 304 g/mol. The van der Waals surface area contributed by atoms with Gasteiger partial charge in [-0.05, 0) is 51.9 Å². The van der Waals surface area contributed by atoms with E-state index in [1.807, 2.05) is 31.0 Å². The minimum atomic E-state index is 0.0263. The summed E-state index contributed by atoms with van der Waals surface area (Å²) >= 11 is 0. The molecule has 1 fully saturated rings. The van der Waals surface area contributed by atoms with Crippen LogP contribution in [0.1, 0.15) is 42.6 Å². The molecule has 1 aliphatic carbocycles. The Morgan fingerprint density at radius 1 is 1.36 bits per heavy atom. The fourth-order valence-corrected chi connectivity index (χ4v) is 2.31. The summed E-state index contributed by atoms with van der Waals surface area (Å²) in [5.74, 6) is 0.839. The summed E-state index contributed by atoms with van der Waals surface area (Å²) in [5.41, 5.74) is 1.59. The maximum absolute atomic E-state index is 11.8. The van der Waals surface area contributed by atoms with E-state index in [0.717, 1.165) is 24.2 Å². The van der Waals surface area contributed by atoms with Gasteiger partial charge in [-0.25, -0.2) is 0 Å². The third-order valence-electron chi connectivity index (χ3n) is 3.56. The molecule has 0 atom stereocenters. The van der Waals surface area contributed by atoms with Gasteiger partial charge in [0.25, 0.3) is 0 Å². The number of carbonyl (C=O) groups is 2. The van der Waals surface area contributed by atoms with Crippen molar-refractivity contribution in [2.45, 2.75) is 39.3 Å². The molecule has 0 heterocycles. The Kier molecular flexibility index (Phi) is 5.55. The number of ether oxygens (including phenoxy) is 1. The van der Waals surface area contributed by atoms with Crippen LogP contribution >= 0.6 is 0 Å². The number of likely N-dealkylation sites (N-methyl/N-ethyl adjacent to an activating group) is 1. The number of rotatable bonds is 8. The number of hydrogen-bond donors (Lipinski definition) is 1. The van der Waals surface area contributed by atoms with Gasteiger partial charge in [0.05, 0.1) is 13.2 Å². The van der Waals surface area contributed by atoms with Crippen molar-refractivity contribution in [2.24, 2.45) is 0 Å². The zero-order chi connectivity index (χ0) is 16.1. The Labute approximate surface area is 131 Å². The molecule has 5 nitrogen and oxygen atoms in total. The predicted molar refractivity (Wildman–Crippen MR) is 85.1 cm³/mol. The Morgan fingerprint density at radius 3 is 2.68 bits per heavy atom. The summed E-state index contributed by atoms with van der Waals surface area (Å²) in [6.45, 7) is 4.95. The van der Waals surface area contributed by atoms with Crippen LogP contribution in [0.5, 0.6) is 5.75 Å². The summed E-state index contributed by atoms with van der Waals surface area (Å²) in [7, 11) is 1.89. The standard InChI is InChI=1S/C17H24N2O3/c1-4-22-16-8-5-13(12(2)20)9-14(16)10-19(3)11-17(21)18-15-6-7-15/h5,8-9,15H,4,6-7,10-11H2,1-3H3,(H,18,21). The molecular formula is C17H24N2O3. The highest BCUT2D eigenvalue weighted by Gasteiger charge is 2.23. The minimum absolute atomic E-state index is 0.0263. The van der Waals surface area contributed by atoms with E-state index in [-0.39, 0.29) is 11.7 Å². The molecule has 0 radical (unpaired) electrons. The molecule has 0 spiro atoms. The minimum Gasteiger partial charge on any atom is -0.494 e. The van der Waals surface area contributed by atoms with Gasteiger partial charge in [-0.15, -0.1) is 0 Å². The summed E-state index contributed by atoms with van der Waals surface area (Å²) in [5, 5.41) is 2.97. The van der Waals surface area contributed by atoms with E-state index in [1.54, 1.807) is 13.0 Å². The molecule has 1 saturated carbocycles. The maximum Gasteiger partial charge on any atom is 0.234 e. The lowest BCUT2D eigenvalue weighted by molar-refractivity contribution is -0.122. The number of Topliss-reactive ketones (excluding diaryl/α,β-unsaturated/α-hetero) is 1. The van der Waals surface area contributed by atoms with Crippen molar-refractivity contribution in [3.05, 3.63) is 29.3 Å². The van der Waals surface area contributed by atoms with E-state index in [1.165, 1.54) is 0 Å². The molecule has 2 rings (SSSR count). The van der Waals surface area contributed by atoms with Crippen LogP contribution in [0.15, 0.2) is 18.2 Å². The number of nitrogens with zero attached hydrogens (tertiary/aromatic N) is 1. The predicted octanol–water partition coefficient (Wildman–Crippen LogP) is 2.00. The second-order valence-electron chi connectivity index (χ2n) is 5.83. The van der Waals surface area contributed by atoms with Crippen LogP contribution in [0.3, 0.4) is 0 Å². The molecule has 0 saturated heterocycles. The van der Waals surface area contributed by atoms with Crippen molar-refractivity contribution in [1.29, 1.82) is 0 Å². The summed E-state index contributed by atoms with van der Waals surface area (Å²) in [6.07, 6.45) is 2.18. The van der Waals surface area contributed by atoms with Crippen LogP contribution in [0.25, 0.3) is 0 Å². The van der Waals surface area contributed by atoms with Crippen molar-refractivity contribution >= 4 is 11.7 Å². The van der Waals surface area contributed by atoms with E-state index in [9.17, 15) is 9.59 Å². The van der Waals surface area contributed by atoms with E-state index in [4.69, 9.17) is 4.74 Å². The van der Waals surface area contributed by atoms with Gasteiger partial charge in [-0.3, -0.25) is 14.5 Å². The van der Waals surface area contributed by atoms with Crippen molar-refractivity contribution in [3.63, 3.8) is 0 Å². The van der Waals surface area contributed by atoms with Crippen LogP contribution in [0.4, 0.5) is 0 Å². The normalized spacial score (nSPS) is 14.0. The van der Waals surface area contributed by atoms with Crippen LogP contribution in [0, 0.1) is 0 Å². The largest absolute Gasteiger partial charge is 0.494 e. The van der Waals surface area contributed by atoms with Crippen LogP contribution < -0.4 is 10.1 Å². The van der Waals surface area contributed by atoms with Crippen molar-refractivity contribution in [2.75, 3.05) is 20.2 Å². The summed E-state index contributed by atoms with van der Waals surface area (Å²) < 4.78 is 5.61. The zero-order valence-electron chi connectivity index (χ0n) is 13.5. The smallest absolute Gasteiger partial charge is 0.234 e. The molecule has 0 aromatic heterocycles. The quantitative estimate of drug-likeness (QED) is 0.746. The van der Waals surface area contributed by atoms with Gasteiger partial charge in [-0.1, -0.05) is 0 Å². The lowest BCUT2D eigenvalue weighted by Crippen LogP contribution is -2.36. The molecule has 1 N–H and O–H groups in total. The first-order valence-corrected chi connectivity index (χ1v) is 7.74. The molecule has 120 valence electrons. The molecule has 1 aromatic rings. The third kappa shape index (κ3) is 4.84. The average Bonchev–Trinajstić information content (AvgIpc) is 3.24. The Hall–Kier alpha value is -1.88. The molecule has 0 unspecified atom stereocenters. The Balaban J connectivity index is 2.02. The van der Waals surface area contributed by atoms with Gasteiger partial charge in [0.1, 0.15) is 5.75 Å². The maximum atomic E-state index is 11.8. The van der Waals surface area contributed by atoms with Gasteiger partial charge in [0.2, 0.25) is 5.91 Å². The number of hydrogen-bond acceptors (Lipinski definition) is 4. The lowest BCUT2D eigenvalue weighted by atomic mass is 10.1. The van der Waals surface area contributed by atoms with Crippen LogP contribution in [-0.4, -0.2) is 42.8 Å². The molecule has 0 aliphatic heterocycles. The molecule has 0 bridgehead atoms. The fraction of sp³-hybridized carbons (Fsp3) is 0.529. The molecule has 1 amide bonds. The highest BCUT2D eigenvalue weighted by Crippen LogP contribution is 2.22. The first-order chi connectivity index (χ1) is 10.5. The summed E-state index contributed by atoms with van der Waals surface area (Å²) in [6, 6.07) is 5.83. The van der Waals surface area contributed by atoms with Crippen molar-refractivity contribution in [3.8, 4) is 5.75 Å². The number of benzene rings is 1. The van der Waals surface area contributed by atoms with E-state index in [0.29, 0.717) is 31.3 Å². The third-order valence-corrected chi connectivity index (χ3v) is 3.56. The molecule has 1 aromatic carbocycles. The Bertz CT molecular complexity index is 553. The molecule has 22 heavy (non-hydrogen) atoms. The topological polar surface area (TPSA) is 58.6 Å². The van der Waals surface area contributed by atoms with Gasteiger partial charge in [0.15, 0.2) is 5.78 Å². The molecular weight excluding hydrogens is 280 g/mol. The van der Waals surface area contributed by atoms with Gasteiger partial charge >= 0.3 is 0 Å². The highest BCUT2D eigenvalue weighted by atomic mass is 16.5. The fourth-order valence-electron chi connectivity index (χ4n) is 2.31. The SMILES string of the molecule is CCOc1ccc(C(C)=O)cc1CN(C)CC(=O)NC1CC1. The van der Waals surface area contributed by atoms with Crippen LogP contribution in [-0.2, 0) is 11.3 Å². The van der Waals surface area contributed by atoms with E-state index >= 15 is 0 Å². The zero-order valence-corrected chi connectivity index (χ0v) is 13.5. The van der Waals surface area contributed by atoms with Gasteiger partial charge in [-0.2, -0.15) is 0 Å². The highest BCUT2D eigenvalue weighted by molar-refractivity contribution is 5.94. The number of amides is 1. The van der Waals surface area contributed by atoms with E-state index < -0.39 is 0 Å². The first-order valence-electron chi connectivity index (χ1n) is 7.74. The average molecular weight is 304 g/mol. The molecule has 5 heteroatoms. The number of carbonyl (C=O) groups excluding carboxylic acids is 2. The van der Waals surface area contributed by atoms with Crippen molar-refractivity contribution in [1.82, 2.24) is 10.2 Å². The van der Waals surface area contributed by atoms with Gasteiger partial charge < -0.3 is 10.1 Å². The van der Waals surface area contributed by atoms with E-state index in [2.05, 4.69) is 5.32 Å². The first kappa shape index (κ1) is 16.5.